The third-order valence-electron chi connectivity index (χ3n) is 2.69. The molecule has 24 heavy (non-hydrogen) atoms. The number of nitrogens with zero attached hydrogens (tertiary/aromatic N) is 1. The van der Waals surface area contributed by atoms with E-state index in [0.717, 1.165) is 24.3 Å². The molecule has 0 atom stereocenters. The van der Waals surface area contributed by atoms with Crippen molar-refractivity contribution in [2.45, 2.75) is 12.7 Å². The van der Waals surface area contributed by atoms with Gasteiger partial charge in [-0.15, -0.1) is 26.3 Å². The van der Waals surface area contributed by atoms with Crippen molar-refractivity contribution in [2.75, 3.05) is 0 Å². The van der Waals surface area contributed by atoms with Crippen LogP contribution in [0.25, 0.3) is 11.1 Å². The predicted octanol–water partition coefficient (Wildman–Crippen LogP) is 5.02. The van der Waals surface area contributed by atoms with Crippen molar-refractivity contribution in [2.24, 2.45) is 0 Å². The van der Waals surface area contributed by atoms with Crippen LogP contribution in [-0.2, 0) is 0 Å². The summed E-state index contributed by atoms with van der Waals surface area (Å²) < 4.78 is 80.6. The minimum Gasteiger partial charge on any atom is -0.406 e. The molecule has 0 saturated carbocycles. The smallest absolute Gasteiger partial charge is 0.406 e. The number of rotatable bonds is 3. The summed E-state index contributed by atoms with van der Waals surface area (Å²) >= 11 is 0. The second-order valence-electron chi connectivity index (χ2n) is 4.48. The van der Waals surface area contributed by atoms with Crippen LogP contribution in [0.3, 0.4) is 0 Å². The van der Waals surface area contributed by atoms with Gasteiger partial charge in [0.15, 0.2) is 0 Å². The molecule has 0 heterocycles. The lowest BCUT2D eigenvalue weighted by Gasteiger charge is -2.12. The van der Waals surface area contributed by atoms with Gasteiger partial charge in [0.25, 0.3) is 0 Å². The fourth-order valence-corrected chi connectivity index (χ4v) is 1.87. The number of ether oxygens (including phenoxy) is 2. The fraction of sp³-hybridized carbons (Fsp3) is 0.133. The SMILES string of the molecule is N#Cc1cc(OC(F)(F)F)cc(-c2ccc(OC(F)(F)F)cc2)c1. The Morgan fingerprint density at radius 1 is 0.708 bits per heavy atom. The van der Waals surface area contributed by atoms with Gasteiger partial charge in [0, 0.05) is 0 Å². The van der Waals surface area contributed by atoms with Crippen molar-refractivity contribution in [1.29, 1.82) is 5.26 Å². The zero-order chi connectivity index (χ0) is 18.0. The van der Waals surface area contributed by atoms with Gasteiger partial charge in [-0.1, -0.05) is 12.1 Å². The number of nitriles is 1. The van der Waals surface area contributed by atoms with E-state index in [1.165, 1.54) is 18.2 Å². The van der Waals surface area contributed by atoms with Crippen LogP contribution in [0.5, 0.6) is 11.5 Å². The van der Waals surface area contributed by atoms with Crippen LogP contribution in [0, 0.1) is 11.3 Å². The maximum atomic E-state index is 12.3. The number of halogens is 6. The number of benzene rings is 2. The van der Waals surface area contributed by atoms with E-state index in [0.29, 0.717) is 0 Å². The monoisotopic (exact) mass is 347 g/mol. The first kappa shape index (κ1) is 17.5. The third kappa shape index (κ3) is 5.08. The molecule has 0 radical (unpaired) electrons. The first-order chi connectivity index (χ1) is 11.1. The topological polar surface area (TPSA) is 42.2 Å². The normalized spacial score (nSPS) is 11.7. The summed E-state index contributed by atoms with van der Waals surface area (Å²) in [4.78, 5) is 0. The van der Waals surface area contributed by atoms with Crippen LogP contribution in [-0.4, -0.2) is 12.7 Å². The largest absolute Gasteiger partial charge is 0.573 e. The van der Waals surface area contributed by atoms with Crippen LogP contribution in [0.4, 0.5) is 26.3 Å². The Hall–Kier alpha value is -2.89. The van der Waals surface area contributed by atoms with Gasteiger partial charge in [-0.3, -0.25) is 0 Å². The van der Waals surface area contributed by atoms with Crippen molar-refractivity contribution in [3.63, 3.8) is 0 Å². The number of hydrogen-bond acceptors (Lipinski definition) is 3. The highest BCUT2D eigenvalue weighted by molar-refractivity contribution is 5.68. The Labute approximate surface area is 131 Å². The Balaban J connectivity index is 2.34. The van der Waals surface area contributed by atoms with Gasteiger partial charge in [-0.2, -0.15) is 5.26 Å². The third-order valence-corrected chi connectivity index (χ3v) is 2.69. The quantitative estimate of drug-likeness (QED) is 0.732. The first-order valence-electron chi connectivity index (χ1n) is 6.23. The Morgan fingerprint density at radius 3 is 1.75 bits per heavy atom. The van der Waals surface area contributed by atoms with Crippen LogP contribution in [0.2, 0.25) is 0 Å². The van der Waals surface area contributed by atoms with E-state index < -0.39 is 24.2 Å². The highest BCUT2D eigenvalue weighted by Crippen LogP contribution is 2.31. The minimum absolute atomic E-state index is 0.0950. The second-order valence-corrected chi connectivity index (χ2v) is 4.48. The van der Waals surface area contributed by atoms with Gasteiger partial charge in [0.2, 0.25) is 0 Å². The second kappa shape index (κ2) is 6.31. The molecule has 0 unspecified atom stereocenters. The fourth-order valence-electron chi connectivity index (χ4n) is 1.87. The molecule has 0 fully saturated rings. The van der Waals surface area contributed by atoms with E-state index in [-0.39, 0.29) is 16.7 Å². The van der Waals surface area contributed by atoms with Crippen molar-refractivity contribution in [3.05, 3.63) is 48.0 Å². The zero-order valence-corrected chi connectivity index (χ0v) is 11.6. The predicted molar refractivity (Wildman–Crippen MR) is 70.0 cm³/mol. The van der Waals surface area contributed by atoms with Crippen molar-refractivity contribution < 1.29 is 35.8 Å². The Kier molecular flexibility index (Phi) is 4.59. The molecule has 0 spiro atoms. The molecule has 0 N–H and O–H groups in total. The van der Waals surface area contributed by atoms with E-state index in [4.69, 9.17) is 5.26 Å². The first-order valence-corrected chi connectivity index (χ1v) is 6.23. The lowest BCUT2D eigenvalue weighted by Crippen LogP contribution is -2.17. The maximum Gasteiger partial charge on any atom is 0.573 e. The highest BCUT2D eigenvalue weighted by Gasteiger charge is 2.32. The van der Waals surface area contributed by atoms with Crippen molar-refractivity contribution in [1.82, 2.24) is 0 Å². The molecule has 0 aliphatic rings. The lowest BCUT2D eigenvalue weighted by atomic mass is 10.0. The maximum absolute atomic E-state index is 12.3. The van der Waals surface area contributed by atoms with Crippen LogP contribution >= 0.6 is 0 Å². The van der Waals surface area contributed by atoms with Crippen LogP contribution in [0.15, 0.2) is 42.5 Å². The lowest BCUT2D eigenvalue weighted by molar-refractivity contribution is -0.275. The number of alkyl halides is 6. The highest BCUT2D eigenvalue weighted by atomic mass is 19.4. The van der Waals surface area contributed by atoms with Crippen molar-refractivity contribution in [3.8, 4) is 28.7 Å². The molecule has 2 aromatic carbocycles. The Bertz CT molecular complexity index is 760. The van der Waals surface area contributed by atoms with Gasteiger partial charge in [0.05, 0.1) is 11.6 Å². The van der Waals surface area contributed by atoms with E-state index in [1.54, 1.807) is 6.07 Å². The van der Waals surface area contributed by atoms with E-state index in [1.807, 2.05) is 0 Å². The van der Waals surface area contributed by atoms with Crippen LogP contribution in [0.1, 0.15) is 5.56 Å². The minimum atomic E-state index is -4.93. The summed E-state index contributed by atoms with van der Waals surface area (Å²) in [5.41, 5.74) is 0.364. The standard InChI is InChI=1S/C15H7F6NO2/c16-14(17,18)23-12-3-1-10(2-4-12)11-5-9(8-22)6-13(7-11)24-15(19,20)21/h1-7H. The molecule has 2 aromatic rings. The van der Waals surface area contributed by atoms with Crippen molar-refractivity contribution >= 4 is 0 Å². The van der Waals surface area contributed by atoms with Gasteiger partial charge in [-0.25, -0.2) is 0 Å². The van der Waals surface area contributed by atoms with Crippen LogP contribution < -0.4 is 9.47 Å². The summed E-state index contributed by atoms with van der Waals surface area (Å²) in [7, 11) is 0. The molecule has 126 valence electrons. The average Bonchev–Trinajstić information content (AvgIpc) is 2.44. The summed E-state index contributed by atoms with van der Waals surface area (Å²) in [5.74, 6) is -1.08. The molecule has 0 aromatic heterocycles. The Morgan fingerprint density at radius 2 is 1.25 bits per heavy atom. The zero-order valence-electron chi connectivity index (χ0n) is 11.6. The molecule has 0 aliphatic carbocycles. The molecule has 0 bridgehead atoms. The van der Waals surface area contributed by atoms with E-state index >= 15 is 0 Å². The number of hydrogen-bond donors (Lipinski definition) is 0. The summed E-state index contributed by atoms with van der Waals surface area (Å²) in [6, 6.07) is 9.33. The summed E-state index contributed by atoms with van der Waals surface area (Å²) in [6.07, 6.45) is -9.79. The van der Waals surface area contributed by atoms with E-state index in [2.05, 4.69) is 9.47 Å². The molecule has 0 amide bonds. The summed E-state index contributed by atoms with van der Waals surface area (Å²) in [5, 5.41) is 8.87. The molecular weight excluding hydrogens is 340 g/mol. The van der Waals surface area contributed by atoms with E-state index in [9.17, 15) is 26.3 Å². The molecule has 0 saturated heterocycles. The molecule has 0 aliphatic heterocycles. The molecule has 2 rings (SSSR count). The molecule has 9 heteroatoms. The molecular formula is C15H7F6NO2. The van der Waals surface area contributed by atoms with Gasteiger partial charge in [-0.05, 0) is 41.5 Å². The average molecular weight is 347 g/mol. The van der Waals surface area contributed by atoms with Gasteiger partial charge >= 0.3 is 12.7 Å². The molecule has 3 nitrogen and oxygen atoms in total. The van der Waals surface area contributed by atoms with Gasteiger partial charge in [0.1, 0.15) is 11.5 Å². The van der Waals surface area contributed by atoms with Gasteiger partial charge < -0.3 is 9.47 Å². The summed E-state index contributed by atoms with van der Waals surface area (Å²) in [6.45, 7) is 0.